The summed E-state index contributed by atoms with van der Waals surface area (Å²) in [6.07, 6.45) is 2.48. The third-order valence-electron chi connectivity index (χ3n) is 4.84. The minimum absolute atomic E-state index is 0.0105. The summed E-state index contributed by atoms with van der Waals surface area (Å²) in [6, 6.07) is 7.49. The Morgan fingerprint density at radius 3 is 3.04 bits per heavy atom. The number of halogens is 1. The van der Waals surface area contributed by atoms with Gasteiger partial charge >= 0.3 is 0 Å². The van der Waals surface area contributed by atoms with Crippen LogP contribution in [0.1, 0.15) is 22.4 Å². The molecule has 148 valence electrons. The molecular weight excluding hydrogens is 416 g/mol. The van der Waals surface area contributed by atoms with E-state index in [-0.39, 0.29) is 12.2 Å². The van der Waals surface area contributed by atoms with E-state index in [0.29, 0.717) is 22.5 Å². The number of ether oxygens (including phenoxy) is 1. The van der Waals surface area contributed by atoms with E-state index in [0.717, 1.165) is 35.0 Å². The summed E-state index contributed by atoms with van der Waals surface area (Å²) < 4.78 is 7.17. The molecule has 0 unspecified atom stereocenters. The second-order valence-corrected chi connectivity index (χ2v) is 9.35. The van der Waals surface area contributed by atoms with E-state index in [9.17, 15) is 9.90 Å². The quantitative estimate of drug-likeness (QED) is 0.450. The Hall–Kier alpha value is -1.38. The van der Waals surface area contributed by atoms with Crippen LogP contribution in [0.2, 0.25) is 5.02 Å². The molecule has 5 nitrogen and oxygen atoms in total. The summed E-state index contributed by atoms with van der Waals surface area (Å²) in [4.78, 5) is 19.6. The third kappa shape index (κ3) is 4.00. The topological polar surface area (TPSA) is 64.3 Å². The number of hydrogen-bond acceptors (Lipinski definition) is 6. The van der Waals surface area contributed by atoms with Gasteiger partial charge in [-0.3, -0.25) is 9.36 Å². The van der Waals surface area contributed by atoms with E-state index in [1.807, 2.05) is 24.3 Å². The van der Waals surface area contributed by atoms with Crippen LogP contribution in [0.25, 0.3) is 10.2 Å². The van der Waals surface area contributed by atoms with Gasteiger partial charge in [-0.25, -0.2) is 4.98 Å². The first kappa shape index (κ1) is 19.9. The van der Waals surface area contributed by atoms with Gasteiger partial charge in [0, 0.05) is 22.7 Å². The number of thioether (sulfide) groups is 1. The molecule has 1 aliphatic rings. The van der Waals surface area contributed by atoms with Crippen LogP contribution in [0.15, 0.2) is 34.2 Å². The number of nitrogens with zero attached hydrogens (tertiary/aromatic N) is 2. The zero-order valence-electron chi connectivity index (χ0n) is 15.5. The van der Waals surface area contributed by atoms with Gasteiger partial charge in [0.2, 0.25) is 0 Å². The third-order valence-corrected chi connectivity index (χ3v) is 7.56. The molecule has 3 aromatic rings. The Balaban J connectivity index is 1.38. The molecule has 0 saturated carbocycles. The maximum atomic E-state index is 12.8. The van der Waals surface area contributed by atoms with Gasteiger partial charge in [0.1, 0.15) is 4.83 Å². The summed E-state index contributed by atoms with van der Waals surface area (Å²) in [5, 5.41) is 12.3. The number of aromatic nitrogens is 2. The maximum absolute atomic E-state index is 12.8. The maximum Gasteiger partial charge on any atom is 0.262 e. The lowest BCUT2D eigenvalue weighted by Gasteiger charge is -2.13. The second-order valence-electron chi connectivity index (χ2n) is 6.87. The normalized spacial score (nSPS) is 14.5. The smallest absolute Gasteiger partial charge is 0.262 e. The lowest BCUT2D eigenvalue weighted by molar-refractivity contribution is 0.0398. The number of thiophene rings is 1. The molecule has 0 saturated heterocycles. The molecule has 0 aliphatic heterocycles. The fourth-order valence-electron chi connectivity index (χ4n) is 3.37. The molecule has 0 amide bonds. The largest absolute Gasteiger partial charge is 0.390 e. The molecule has 0 bridgehead atoms. The number of benzene rings is 1. The SMILES string of the molecule is Cn1c(SC[C@H](O)COCc2ccccc2Cl)nc2sc3c(c2c1=O)CCC3. The van der Waals surface area contributed by atoms with Crippen molar-refractivity contribution in [3.05, 3.63) is 55.6 Å². The standard InChI is InChI=1S/C20H21ClN2O3S2/c1-23-19(25)17-14-6-4-8-16(14)28-18(17)22-20(23)27-11-13(24)10-26-9-12-5-2-3-7-15(12)21/h2-3,5,7,13,24H,4,6,8-11H2,1H3/t13-/m1/s1. The molecule has 28 heavy (non-hydrogen) atoms. The molecule has 1 N–H and O–H groups in total. The minimum Gasteiger partial charge on any atom is -0.390 e. The van der Waals surface area contributed by atoms with Crippen molar-refractivity contribution in [2.75, 3.05) is 12.4 Å². The van der Waals surface area contributed by atoms with Gasteiger partial charge in [0.25, 0.3) is 5.56 Å². The summed E-state index contributed by atoms with van der Waals surface area (Å²) >= 11 is 9.11. The van der Waals surface area contributed by atoms with Crippen LogP contribution < -0.4 is 5.56 Å². The highest BCUT2D eigenvalue weighted by atomic mass is 35.5. The molecular formula is C20H21ClN2O3S2. The Kier molecular flexibility index (Phi) is 6.08. The Labute approximate surface area is 176 Å². The van der Waals surface area contributed by atoms with E-state index in [1.165, 1.54) is 22.2 Å². The van der Waals surface area contributed by atoms with Crippen molar-refractivity contribution in [3.8, 4) is 0 Å². The molecule has 0 radical (unpaired) electrons. The van der Waals surface area contributed by atoms with Gasteiger partial charge in [-0.2, -0.15) is 0 Å². The Morgan fingerprint density at radius 1 is 1.39 bits per heavy atom. The van der Waals surface area contributed by atoms with Crippen molar-refractivity contribution >= 4 is 44.9 Å². The highest BCUT2D eigenvalue weighted by molar-refractivity contribution is 7.99. The van der Waals surface area contributed by atoms with E-state index < -0.39 is 6.10 Å². The molecule has 0 spiro atoms. The van der Waals surface area contributed by atoms with Gasteiger partial charge in [-0.1, -0.05) is 41.6 Å². The van der Waals surface area contributed by atoms with Crippen LogP contribution in [0.5, 0.6) is 0 Å². The molecule has 2 heterocycles. The molecule has 0 fully saturated rings. The number of hydrogen-bond donors (Lipinski definition) is 1. The van der Waals surface area contributed by atoms with E-state index in [1.54, 1.807) is 23.0 Å². The Morgan fingerprint density at radius 2 is 2.21 bits per heavy atom. The number of aliphatic hydroxyl groups excluding tert-OH is 1. The minimum atomic E-state index is -0.659. The van der Waals surface area contributed by atoms with Crippen molar-refractivity contribution in [1.29, 1.82) is 0 Å². The van der Waals surface area contributed by atoms with Crippen LogP contribution in [0.4, 0.5) is 0 Å². The van der Waals surface area contributed by atoms with Gasteiger partial charge < -0.3 is 9.84 Å². The van der Waals surface area contributed by atoms with Crippen LogP contribution in [0, 0.1) is 0 Å². The molecule has 8 heteroatoms. The summed E-state index contributed by atoms with van der Waals surface area (Å²) in [5.74, 6) is 0.402. The average molecular weight is 437 g/mol. The van der Waals surface area contributed by atoms with Crippen molar-refractivity contribution in [3.63, 3.8) is 0 Å². The van der Waals surface area contributed by atoms with Gasteiger partial charge in [-0.15, -0.1) is 11.3 Å². The Bertz CT molecular complexity index is 1060. The second kappa shape index (κ2) is 8.55. The first-order valence-corrected chi connectivity index (χ1v) is 11.4. The van der Waals surface area contributed by atoms with Crippen molar-refractivity contribution in [2.24, 2.45) is 7.05 Å². The zero-order valence-corrected chi connectivity index (χ0v) is 17.9. The van der Waals surface area contributed by atoms with Crippen molar-refractivity contribution in [2.45, 2.75) is 37.1 Å². The van der Waals surface area contributed by atoms with E-state index >= 15 is 0 Å². The highest BCUT2D eigenvalue weighted by Gasteiger charge is 2.22. The molecule has 1 atom stereocenters. The van der Waals surface area contributed by atoms with Gasteiger partial charge in [-0.05, 0) is 36.5 Å². The van der Waals surface area contributed by atoms with Gasteiger partial charge in [0.15, 0.2) is 5.16 Å². The fourth-order valence-corrected chi connectivity index (χ4v) is 5.74. The summed E-state index contributed by atoms with van der Waals surface area (Å²) in [5.41, 5.74) is 2.10. The monoisotopic (exact) mass is 436 g/mol. The average Bonchev–Trinajstić information content (AvgIpc) is 3.26. The van der Waals surface area contributed by atoms with Crippen LogP contribution >= 0.6 is 34.7 Å². The van der Waals surface area contributed by atoms with Crippen LogP contribution in [0.3, 0.4) is 0 Å². The number of aryl methyl sites for hydroxylation is 2. The molecule has 1 aromatic carbocycles. The lowest BCUT2D eigenvalue weighted by atomic mass is 10.2. The highest BCUT2D eigenvalue weighted by Crippen LogP contribution is 2.35. The zero-order chi connectivity index (χ0) is 19.7. The van der Waals surface area contributed by atoms with Crippen molar-refractivity contribution in [1.82, 2.24) is 9.55 Å². The van der Waals surface area contributed by atoms with Crippen LogP contribution in [-0.4, -0.2) is 33.1 Å². The first-order chi connectivity index (χ1) is 13.5. The number of rotatable bonds is 7. The fraction of sp³-hybridized carbons (Fsp3) is 0.400. The summed E-state index contributed by atoms with van der Waals surface area (Å²) in [7, 11) is 1.75. The molecule has 4 rings (SSSR count). The lowest BCUT2D eigenvalue weighted by Crippen LogP contribution is -2.22. The van der Waals surface area contributed by atoms with E-state index in [2.05, 4.69) is 4.98 Å². The summed E-state index contributed by atoms with van der Waals surface area (Å²) in [6.45, 7) is 0.548. The number of fused-ring (bicyclic) bond motifs is 3. The predicted octanol–water partition coefficient (Wildman–Crippen LogP) is 3.81. The molecule has 2 aromatic heterocycles. The van der Waals surface area contributed by atoms with E-state index in [4.69, 9.17) is 16.3 Å². The predicted molar refractivity (Wildman–Crippen MR) is 115 cm³/mol. The molecule has 1 aliphatic carbocycles. The van der Waals surface area contributed by atoms with Gasteiger partial charge in [0.05, 0.1) is 24.7 Å². The first-order valence-electron chi connectivity index (χ1n) is 9.18. The number of aliphatic hydroxyl groups is 1. The van der Waals surface area contributed by atoms with Crippen molar-refractivity contribution < 1.29 is 9.84 Å². The van der Waals surface area contributed by atoms with Crippen LogP contribution in [-0.2, 0) is 31.2 Å².